The van der Waals surface area contributed by atoms with Crippen molar-refractivity contribution in [2.45, 2.75) is 20.3 Å². The van der Waals surface area contributed by atoms with Gasteiger partial charge in [0.25, 0.3) is 0 Å². The molecule has 92 valence electrons. The summed E-state index contributed by atoms with van der Waals surface area (Å²) in [6.45, 7) is 4.08. The van der Waals surface area contributed by atoms with Crippen molar-refractivity contribution >= 4 is 5.90 Å². The van der Waals surface area contributed by atoms with Crippen molar-refractivity contribution in [3.8, 4) is 0 Å². The highest BCUT2D eigenvalue weighted by Gasteiger charge is 1.99. The second-order valence-corrected chi connectivity index (χ2v) is 4.21. The van der Waals surface area contributed by atoms with Crippen molar-refractivity contribution in [3.63, 3.8) is 0 Å². The highest BCUT2D eigenvalue weighted by Crippen LogP contribution is 2.02. The molecule has 0 saturated carbocycles. The SMILES string of the molecule is CCc1cc[n+](/N=C(/[O-])c2ccc(C)cc2)cc1. The van der Waals surface area contributed by atoms with Gasteiger partial charge < -0.3 is 5.11 Å². The van der Waals surface area contributed by atoms with Crippen LogP contribution in [0.1, 0.15) is 23.6 Å². The van der Waals surface area contributed by atoms with Crippen LogP contribution in [0.4, 0.5) is 0 Å². The summed E-state index contributed by atoms with van der Waals surface area (Å²) >= 11 is 0. The number of rotatable bonds is 3. The average Bonchev–Trinajstić information content (AvgIpc) is 2.40. The lowest BCUT2D eigenvalue weighted by Gasteiger charge is -2.06. The van der Waals surface area contributed by atoms with Crippen molar-refractivity contribution in [3.05, 3.63) is 65.5 Å². The van der Waals surface area contributed by atoms with Crippen molar-refractivity contribution in [1.29, 1.82) is 0 Å². The summed E-state index contributed by atoms with van der Waals surface area (Å²) in [7, 11) is 0. The number of pyridine rings is 1. The molecule has 1 aromatic carbocycles. The van der Waals surface area contributed by atoms with Crippen LogP contribution in [0, 0.1) is 6.92 Å². The Morgan fingerprint density at radius 3 is 2.28 bits per heavy atom. The molecule has 1 heterocycles. The van der Waals surface area contributed by atoms with E-state index in [1.807, 2.05) is 31.2 Å². The van der Waals surface area contributed by atoms with E-state index in [0.29, 0.717) is 5.56 Å². The van der Waals surface area contributed by atoms with Gasteiger partial charge in [-0.2, -0.15) is 0 Å². The molecule has 0 fully saturated rings. The predicted molar refractivity (Wildman–Crippen MR) is 69.1 cm³/mol. The number of benzene rings is 1. The predicted octanol–water partition coefficient (Wildman–Crippen LogP) is 1.42. The lowest BCUT2D eigenvalue weighted by molar-refractivity contribution is -0.681. The molecular weight excluding hydrogens is 224 g/mol. The molecule has 1 aromatic heterocycles. The van der Waals surface area contributed by atoms with Gasteiger partial charge >= 0.3 is 0 Å². The van der Waals surface area contributed by atoms with Crippen LogP contribution in [0.15, 0.2) is 53.9 Å². The maximum absolute atomic E-state index is 11.9. The zero-order chi connectivity index (χ0) is 13.0. The molecule has 18 heavy (non-hydrogen) atoms. The molecule has 0 radical (unpaired) electrons. The van der Waals surface area contributed by atoms with Crippen molar-refractivity contribution in [2.75, 3.05) is 0 Å². The molecule has 2 aromatic rings. The number of hydrogen-bond donors (Lipinski definition) is 0. The van der Waals surface area contributed by atoms with Gasteiger partial charge in [0.1, 0.15) is 0 Å². The third-order valence-corrected chi connectivity index (χ3v) is 2.80. The van der Waals surface area contributed by atoms with Gasteiger partial charge in [-0.1, -0.05) is 41.4 Å². The average molecular weight is 240 g/mol. The third kappa shape index (κ3) is 2.94. The van der Waals surface area contributed by atoms with Crippen LogP contribution in [0.5, 0.6) is 0 Å². The Bertz CT molecular complexity index is 542. The van der Waals surface area contributed by atoms with Gasteiger partial charge in [-0.15, -0.1) is 0 Å². The van der Waals surface area contributed by atoms with Gasteiger partial charge in [0.2, 0.25) is 12.4 Å². The summed E-state index contributed by atoms with van der Waals surface area (Å²) in [6.07, 6.45) is 4.57. The van der Waals surface area contributed by atoms with Gasteiger partial charge in [-0.3, -0.25) is 0 Å². The summed E-state index contributed by atoms with van der Waals surface area (Å²) in [4.78, 5) is 0. The van der Waals surface area contributed by atoms with E-state index >= 15 is 0 Å². The molecule has 3 heteroatoms. The molecule has 0 bridgehead atoms. The molecule has 3 nitrogen and oxygen atoms in total. The van der Waals surface area contributed by atoms with E-state index in [0.717, 1.165) is 12.0 Å². The number of aromatic nitrogens is 1. The van der Waals surface area contributed by atoms with Crippen molar-refractivity contribution in [2.24, 2.45) is 5.10 Å². The van der Waals surface area contributed by atoms with E-state index in [-0.39, 0.29) is 5.90 Å². The molecule has 0 N–H and O–H groups in total. The van der Waals surface area contributed by atoms with Gasteiger partial charge in [0, 0.05) is 12.1 Å². The van der Waals surface area contributed by atoms with Crippen LogP contribution in [0.3, 0.4) is 0 Å². The summed E-state index contributed by atoms with van der Waals surface area (Å²) in [5.41, 5.74) is 2.96. The minimum Gasteiger partial charge on any atom is -0.854 e. The Morgan fingerprint density at radius 1 is 1.11 bits per heavy atom. The summed E-state index contributed by atoms with van der Waals surface area (Å²) < 4.78 is 1.54. The standard InChI is InChI=1S/C15H16N2O/c1-3-13-8-10-17(11-9-13)16-15(18)14-6-4-12(2)5-7-14/h4-11H,3H2,1-2H3. The van der Waals surface area contributed by atoms with Crippen LogP contribution >= 0.6 is 0 Å². The minimum atomic E-state index is -0.232. The van der Waals surface area contributed by atoms with E-state index < -0.39 is 0 Å². The van der Waals surface area contributed by atoms with Gasteiger partial charge in [-0.05, 0) is 29.6 Å². The molecule has 0 aliphatic carbocycles. The minimum absolute atomic E-state index is 0.232. The Morgan fingerprint density at radius 2 is 1.72 bits per heavy atom. The first-order valence-corrected chi connectivity index (χ1v) is 6.02. The zero-order valence-corrected chi connectivity index (χ0v) is 10.6. The van der Waals surface area contributed by atoms with E-state index in [9.17, 15) is 5.11 Å². The second kappa shape index (κ2) is 5.45. The smallest absolute Gasteiger partial charge is 0.202 e. The molecule has 0 saturated heterocycles. The molecule has 0 aliphatic heterocycles. The molecule has 0 aliphatic rings. The van der Waals surface area contributed by atoms with E-state index in [4.69, 9.17) is 0 Å². The maximum atomic E-state index is 11.9. The molecule has 0 spiro atoms. The Labute approximate surface area is 107 Å². The Hall–Kier alpha value is -2.16. The number of hydrogen-bond acceptors (Lipinski definition) is 2. The molecule has 2 rings (SSSR count). The normalized spacial score (nSPS) is 11.6. The lowest BCUT2D eigenvalue weighted by Crippen LogP contribution is -2.33. The largest absolute Gasteiger partial charge is 0.854 e. The maximum Gasteiger partial charge on any atom is 0.202 e. The van der Waals surface area contributed by atoms with Crippen molar-refractivity contribution in [1.82, 2.24) is 0 Å². The fourth-order valence-electron chi connectivity index (χ4n) is 1.61. The number of aryl methyl sites for hydroxylation is 2. The molecular formula is C15H16N2O. The van der Waals surface area contributed by atoms with Crippen LogP contribution in [0.2, 0.25) is 0 Å². The van der Waals surface area contributed by atoms with E-state index in [1.165, 1.54) is 5.56 Å². The molecule has 0 unspecified atom stereocenters. The highest BCUT2D eigenvalue weighted by atomic mass is 16.3. The van der Waals surface area contributed by atoms with Crippen molar-refractivity contribution < 1.29 is 9.78 Å². The number of nitrogens with zero attached hydrogens (tertiary/aromatic N) is 2. The lowest BCUT2D eigenvalue weighted by atomic mass is 10.1. The first kappa shape index (κ1) is 12.3. The third-order valence-electron chi connectivity index (χ3n) is 2.80. The van der Waals surface area contributed by atoms with Crippen LogP contribution in [0.25, 0.3) is 0 Å². The van der Waals surface area contributed by atoms with Crippen LogP contribution in [-0.4, -0.2) is 5.90 Å². The summed E-state index contributed by atoms with van der Waals surface area (Å²) in [6, 6.07) is 11.3. The summed E-state index contributed by atoms with van der Waals surface area (Å²) in [5, 5.41) is 15.9. The first-order valence-electron chi connectivity index (χ1n) is 6.02. The van der Waals surface area contributed by atoms with Gasteiger partial charge in [-0.25, -0.2) is 0 Å². The van der Waals surface area contributed by atoms with Gasteiger partial charge in [0.05, 0.1) is 5.90 Å². The van der Waals surface area contributed by atoms with Crippen LogP contribution < -0.4 is 9.78 Å². The quantitative estimate of drug-likeness (QED) is 0.454. The molecule has 0 atom stereocenters. The first-order chi connectivity index (χ1) is 8.69. The molecule has 0 amide bonds. The Balaban J connectivity index is 2.23. The van der Waals surface area contributed by atoms with Gasteiger partial charge in [0.15, 0.2) is 0 Å². The van der Waals surface area contributed by atoms with E-state index in [2.05, 4.69) is 12.0 Å². The fourth-order valence-corrected chi connectivity index (χ4v) is 1.61. The fraction of sp³-hybridized carbons (Fsp3) is 0.200. The monoisotopic (exact) mass is 240 g/mol. The van der Waals surface area contributed by atoms with Crippen LogP contribution in [-0.2, 0) is 6.42 Å². The topological polar surface area (TPSA) is 39.3 Å². The highest BCUT2D eigenvalue weighted by molar-refractivity contribution is 5.89. The Kier molecular flexibility index (Phi) is 3.72. The van der Waals surface area contributed by atoms with E-state index in [1.54, 1.807) is 29.2 Å². The summed E-state index contributed by atoms with van der Waals surface area (Å²) in [5.74, 6) is -0.232. The second-order valence-electron chi connectivity index (χ2n) is 4.21. The zero-order valence-electron chi connectivity index (χ0n) is 10.6.